The van der Waals surface area contributed by atoms with Crippen LogP contribution in [0, 0.1) is 0 Å². The largest absolute Gasteiger partial charge is 0.495 e. The highest BCUT2D eigenvalue weighted by atomic mass is 16.5. The first-order valence-electron chi connectivity index (χ1n) is 13.1. The van der Waals surface area contributed by atoms with Crippen molar-refractivity contribution in [2.75, 3.05) is 30.5 Å². The Balaban J connectivity index is 1.30. The molecule has 1 saturated carbocycles. The van der Waals surface area contributed by atoms with Crippen molar-refractivity contribution in [3.8, 4) is 11.4 Å². The van der Waals surface area contributed by atoms with Crippen LogP contribution in [0.4, 0.5) is 17.5 Å². The lowest BCUT2D eigenvalue weighted by molar-refractivity contribution is 0.0929. The highest BCUT2D eigenvalue weighted by Gasteiger charge is 2.38. The summed E-state index contributed by atoms with van der Waals surface area (Å²) < 4.78 is 13.0. The fourth-order valence-electron chi connectivity index (χ4n) is 5.68. The van der Waals surface area contributed by atoms with Crippen LogP contribution in [0.2, 0.25) is 0 Å². The topological polar surface area (TPSA) is 119 Å². The van der Waals surface area contributed by atoms with E-state index in [1.54, 1.807) is 25.6 Å². The van der Waals surface area contributed by atoms with Gasteiger partial charge in [0.2, 0.25) is 5.95 Å². The van der Waals surface area contributed by atoms with E-state index in [2.05, 4.69) is 37.6 Å². The van der Waals surface area contributed by atoms with Crippen molar-refractivity contribution in [2.24, 2.45) is 0 Å². The van der Waals surface area contributed by atoms with E-state index < -0.39 is 0 Å². The van der Waals surface area contributed by atoms with Crippen molar-refractivity contribution in [2.45, 2.75) is 63.6 Å². The molecule has 2 atom stereocenters. The molecule has 0 spiro atoms. The maximum absolute atomic E-state index is 12.7. The number of methoxy groups -OCH3 is 1. The smallest absolute Gasteiger partial charge is 0.251 e. The monoisotopic (exact) mass is 504 g/mol. The first-order chi connectivity index (χ1) is 18.2. The van der Waals surface area contributed by atoms with Gasteiger partial charge in [0.05, 0.1) is 37.7 Å². The molecule has 194 valence electrons. The van der Waals surface area contributed by atoms with Gasteiger partial charge in [-0.25, -0.2) is 4.98 Å². The second-order valence-corrected chi connectivity index (χ2v) is 9.81. The Bertz CT molecular complexity index is 1280. The van der Waals surface area contributed by atoms with Crippen molar-refractivity contribution in [3.63, 3.8) is 0 Å². The average molecular weight is 505 g/mol. The summed E-state index contributed by atoms with van der Waals surface area (Å²) in [6.45, 7) is 3.40. The summed E-state index contributed by atoms with van der Waals surface area (Å²) >= 11 is 0. The summed E-state index contributed by atoms with van der Waals surface area (Å²) in [5.74, 6) is 2.68. The predicted molar refractivity (Wildman–Crippen MR) is 138 cm³/mol. The van der Waals surface area contributed by atoms with Gasteiger partial charge in [-0.05, 0) is 43.9 Å². The maximum Gasteiger partial charge on any atom is 0.251 e. The second-order valence-electron chi connectivity index (χ2n) is 9.81. The van der Waals surface area contributed by atoms with E-state index in [1.165, 1.54) is 12.8 Å². The standard InChI is InChI=1S/C26H32N8O3/c1-3-20-24-32-28-15-33(24)21-13-27-26(31-23(21)34(20)18-6-4-5-7-18)30-19-9-8-16(12-22(19)36-2)25(35)29-17-10-11-37-14-17/h8-9,12-13,15,17-18,20H,3-7,10-11,14H2,1-2H3,(H,29,35)(H,27,30,31)/t17-,20-/m1/s1. The molecule has 1 aliphatic carbocycles. The van der Waals surface area contributed by atoms with Gasteiger partial charge in [-0.15, -0.1) is 10.2 Å². The van der Waals surface area contributed by atoms with Crippen molar-refractivity contribution in [1.29, 1.82) is 0 Å². The third kappa shape index (κ3) is 4.37. The van der Waals surface area contributed by atoms with Crippen LogP contribution in [0.25, 0.3) is 5.69 Å². The fourth-order valence-corrected chi connectivity index (χ4v) is 5.68. The zero-order valence-electron chi connectivity index (χ0n) is 21.2. The summed E-state index contributed by atoms with van der Waals surface area (Å²) in [5, 5.41) is 15.0. The SMILES string of the molecule is CC[C@@H]1c2nncn2-c2cnc(Nc3ccc(C(=O)N[C@@H]4CCOC4)cc3OC)nc2N1C1CCCC1. The van der Waals surface area contributed by atoms with E-state index in [0.717, 1.165) is 43.0 Å². The molecule has 3 aliphatic rings. The molecule has 2 aliphatic heterocycles. The van der Waals surface area contributed by atoms with Gasteiger partial charge in [-0.1, -0.05) is 19.8 Å². The zero-order valence-corrected chi connectivity index (χ0v) is 21.2. The maximum atomic E-state index is 12.7. The van der Waals surface area contributed by atoms with Crippen LogP contribution in [0.1, 0.15) is 67.7 Å². The molecule has 0 radical (unpaired) electrons. The summed E-state index contributed by atoms with van der Waals surface area (Å²) in [5.41, 5.74) is 2.10. The Morgan fingerprint density at radius 2 is 2.11 bits per heavy atom. The van der Waals surface area contributed by atoms with Crippen molar-refractivity contribution in [3.05, 3.63) is 42.1 Å². The minimum absolute atomic E-state index is 0.0427. The minimum Gasteiger partial charge on any atom is -0.495 e. The summed E-state index contributed by atoms with van der Waals surface area (Å²) in [6.07, 6.45) is 10.0. The van der Waals surface area contributed by atoms with E-state index in [0.29, 0.717) is 42.2 Å². The number of benzene rings is 1. The van der Waals surface area contributed by atoms with E-state index in [1.807, 2.05) is 16.8 Å². The number of carbonyl (C=O) groups excluding carboxylic acids is 1. The molecule has 6 rings (SSSR count). The number of aromatic nitrogens is 5. The van der Waals surface area contributed by atoms with Crippen molar-refractivity contribution in [1.82, 2.24) is 30.0 Å². The molecule has 11 heteroatoms. The first kappa shape index (κ1) is 23.7. The number of hydrogen-bond acceptors (Lipinski definition) is 9. The van der Waals surface area contributed by atoms with Crippen LogP contribution >= 0.6 is 0 Å². The van der Waals surface area contributed by atoms with Gasteiger partial charge in [0.25, 0.3) is 5.91 Å². The molecule has 11 nitrogen and oxygen atoms in total. The van der Waals surface area contributed by atoms with Gasteiger partial charge in [0.1, 0.15) is 17.8 Å². The predicted octanol–water partition coefficient (Wildman–Crippen LogP) is 3.54. The molecule has 0 unspecified atom stereocenters. The van der Waals surface area contributed by atoms with Crippen LogP contribution < -0.4 is 20.3 Å². The summed E-state index contributed by atoms with van der Waals surface area (Å²) in [6, 6.07) is 5.89. The summed E-state index contributed by atoms with van der Waals surface area (Å²) in [7, 11) is 1.59. The number of rotatable bonds is 7. The van der Waals surface area contributed by atoms with E-state index in [4.69, 9.17) is 14.5 Å². The Morgan fingerprint density at radius 3 is 2.86 bits per heavy atom. The lowest BCUT2D eigenvalue weighted by atomic mass is 10.0. The van der Waals surface area contributed by atoms with Gasteiger partial charge < -0.3 is 25.0 Å². The number of nitrogens with zero attached hydrogens (tertiary/aromatic N) is 6. The lowest BCUT2D eigenvalue weighted by Crippen LogP contribution is -2.42. The molecule has 2 fully saturated rings. The van der Waals surface area contributed by atoms with Crippen LogP contribution in [-0.2, 0) is 4.74 Å². The molecule has 2 aromatic heterocycles. The molecule has 2 N–H and O–H groups in total. The average Bonchev–Trinajstić information content (AvgIpc) is 3.71. The normalized spacial score (nSPS) is 21.0. The molecular formula is C26H32N8O3. The molecule has 37 heavy (non-hydrogen) atoms. The van der Waals surface area contributed by atoms with Crippen LogP contribution in [0.3, 0.4) is 0 Å². The number of amides is 1. The van der Waals surface area contributed by atoms with Crippen LogP contribution in [-0.4, -0.2) is 63.0 Å². The Morgan fingerprint density at radius 1 is 1.24 bits per heavy atom. The molecule has 1 aromatic carbocycles. The third-order valence-corrected chi connectivity index (χ3v) is 7.54. The second kappa shape index (κ2) is 9.97. The van der Waals surface area contributed by atoms with Gasteiger partial charge >= 0.3 is 0 Å². The number of anilines is 3. The van der Waals surface area contributed by atoms with Crippen molar-refractivity contribution < 1.29 is 14.3 Å². The van der Waals surface area contributed by atoms with Crippen molar-refractivity contribution >= 4 is 23.4 Å². The third-order valence-electron chi connectivity index (χ3n) is 7.54. The number of fused-ring (bicyclic) bond motifs is 3. The number of nitrogens with one attached hydrogen (secondary N) is 2. The molecule has 1 amide bonds. The molecule has 4 heterocycles. The Hall–Kier alpha value is -3.73. The highest BCUT2D eigenvalue weighted by Crippen LogP contribution is 2.43. The summed E-state index contributed by atoms with van der Waals surface area (Å²) in [4.78, 5) is 24.7. The quantitative estimate of drug-likeness (QED) is 0.498. The first-order valence-corrected chi connectivity index (χ1v) is 13.1. The Kier molecular flexibility index (Phi) is 6.37. The van der Waals surface area contributed by atoms with E-state index in [9.17, 15) is 4.79 Å². The molecular weight excluding hydrogens is 472 g/mol. The van der Waals surface area contributed by atoms with E-state index in [-0.39, 0.29) is 18.0 Å². The molecule has 0 bridgehead atoms. The number of carbonyl (C=O) groups is 1. The van der Waals surface area contributed by atoms with Crippen LogP contribution in [0.15, 0.2) is 30.7 Å². The van der Waals surface area contributed by atoms with Gasteiger partial charge in [-0.2, -0.15) is 4.98 Å². The van der Waals surface area contributed by atoms with Gasteiger partial charge in [0, 0.05) is 18.2 Å². The van der Waals surface area contributed by atoms with Crippen LogP contribution in [0.5, 0.6) is 5.75 Å². The fraction of sp³-hybridized carbons (Fsp3) is 0.500. The lowest BCUT2D eigenvalue weighted by Gasteiger charge is -2.40. The zero-order chi connectivity index (χ0) is 25.4. The molecule has 3 aromatic rings. The van der Waals surface area contributed by atoms with Gasteiger partial charge in [0.15, 0.2) is 11.6 Å². The van der Waals surface area contributed by atoms with Gasteiger partial charge in [-0.3, -0.25) is 9.36 Å². The Labute approximate surface area is 215 Å². The number of ether oxygens (including phenoxy) is 2. The minimum atomic E-state index is -0.145. The van der Waals surface area contributed by atoms with E-state index >= 15 is 0 Å². The highest BCUT2D eigenvalue weighted by molar-refractivity contribution is 5.95. The molecule has 1 saturated heterocycles. The number of hydrogen-bond donors (Lipinski definition) is 2.